The van der Waals surface area contributed by atoms with Crippen molar-refractivity contribution >= 4 is 35.4 Å². The third kappa shape index (κ3) is 10.9. The molecule has 0 unspecified atom stereocenters. The first-order chi connectivity index (χ1) is 16.1. The van der Waals surface area contributed by atoms with Crippen molar-refractivity contribution in [2.24, 2.45) is 9.98 Å². The Balaban J connectivity index is 1.45. The average Bonchev–Trinajstić information content (AvgIpc) is 3.42. The molecule has 0 saturated heterocycles. The molecule has 0 aromatic carbocycles. The molecule has 0 aliphatic carbocycles. The third-order valence-corrected chi connectivity index (χ3v) is 6.75. The Morgan fingerprint density at radius 3 is 1.55 bits per heavy atom. The van der Waals surface area contributed by atoms with E-state index in [0.717, 1.165) is 90.3 Å². The van der Waals surface area contributed by atoms with E-state index in [1.54, 1.807) is 26.7 Å². The lowest BCUT2D eigenvalue weighted by Crippen LogP contribution is -2.41. The van der Waals surface area contributed by atoms with Crippen LogP contribution in [0.2, 0.25) is 0 Å². The molecule has 2 aromatic heterocycles. The van der Waals surface area contributed by atoms with Crippen LogP contribution in [0, 0.1) is 13.8 Å². The van der Waals surface area contributed by atoms with Gasteiger partial charge in [0, 0.05) is 74.7 Å². The molecule has 33 heavy (non-hydrogen) atoms. The number of aromatic nitrogens is 4. The number of nitrogens with zero attached hydrogens (tertiary/aromatic N) is 4. The molecule has 0 fully saturated rings. The number of aromatic amines is 2. The molecule has 0 bridgehead atoms. The normalized spacial score (nSPS) is 12.1. The van der Waals surface area contributed by atoms with E-state index in [4.69, 9.17) is 0 Å². The first-order valence-electron chi connectivity index (χ1n) is 11.2. The van der Waals surface area contributed by atoms with Gasteiger partial charge in [-0.05, 0) is 20.3 Å². The van der Waals surface area contributed by atoms with Gasteiger partial charge in [-0.15, -0.1) is 0 Å². The minimum atomic E-state index is 0.832. The fraction of sp³-hybridized carbons (Fsp3) is 0.619. The van der Waals surface area contributed by atoms with Crippen molar-refractivity contribution in [2.45, 2.75) is 31.8 Å². The Morgan fingerprint density at radius 1 is 0.758 bits per heavy atom. The summed E-state index contributed by atoms with van der Waals surface area (Å²) >= 11 is 3.72. The van der Waals surface area contributed by atoms with Crippen molar-refractivity contribution in [1.29, 1.82) is 0 Å². The number of aryl methyl sites for hydroxylation is 2. The summed E-state index contributed by atoms with van der Waals surface area (Å²) in [5.74, 6) is 5.50. The van der Waals surface area contributed by atoms with Crippen molar-refractivity contribution < 1.29 is 0 Å². The third-order valence-electron chi connectivity index (χ3n) is 4.81. The van der Waals surface area contributed by atoms with E-state index in [9.17, 15) is 0 Å². The van der Waals surface area contributed by atoms with Crippen molar-refractivity contribution in [2.75, 3.05) is 51.8 Å². The fourth-order valence-corrected chi connectivity index (χ4v) is 4.58. The zero-order valence-electron chi connectivity index (χ0n) is 20.1. The standard InChI is InChI=1S/C21H38N10S2/c1-16-18(30-14-28-16)12-32-10-8-26-20(22-3)24-6-5-7-25-21(23-4)27-9-11-33-13-19-17(2)29-15-31-19/h14-15H,5-13H2,1-4H3,(H,28,30)(H,29,31)(H2,22,24,26)(H2,23,25,27). The predicted molar refractivity (Wildman–Crippen MR) is 142 cm³/mol. The van der Waals surface area contributed by atoms with Crippen LogP contribution in [0.1, 0.15) is 29.2 Å². The van der Waals surface area contributed by atoms with E-state index < -0.39 is 0 Å². The molecular formula is C21H38N10S2. The van der Waals surface area contributed by atoms with Gasteiger partial charge in [-0.25, -0.2) is 9.97 Å². The number of hydrogen-bond acceptors (Lipinski definition) is 6. The second-order valence-electron chi connectivity index (χ2n) is 7.26. The zero-order chi connectivity index (χ0) is 23.7. The molecule has 10 nitrogen and oxygen atoms in total. The van der Waals surface area contributed by atoms with Gasteiger partial charge in [0.1, 0.15) is 0 Å². The SMILES string of the molecule is CN=C(NCCCNC(=NC)NCCSCc1nc[nH]c1C)NCCSCc1nc[nH]c1C. The Hall–Kier alpha value is -2.34. The van der Waals surface area contributed by atoms with Gasteiger partial charge in [0.25, 0.3) is 0 Å². The van der Waals surface area contributed by atoms with Crippen molar-refractivity contribution in [3.05, 3.63) is 35.4 Å². The van der Waals surface area contributed by atoms with E-state index >= 15 is 0 Å². The molecular weight excluding hydrogens is 456 g/mol. The van der Waals surface area contributed by atoms with Crippen LogP contribution < -0.4 is 21.3 Å². The Labute approximate surface area is 205 Å². The molecule has 0 aliphatic rings. The molecule has 2 aromatic rings. The van der Waals surface area contributed by atoms with Gasteiger partial charge in [0.05, 0.1) is 24.0 Å². The molecule has 0 spiro atoms. The van der Waals surface area contributed by atoms with Gasteiger partial charge in [-0.3, -0.25) is 9.98 Å². The van der Waals surface area contributed by atoms with Crippen LogP contribution >= 0.6 is 23.5 Å². The Kier molecular flexibility index (Phi) is 13.3. The van der Waals surface area contributed by atoms with Crippen LogP contribution in [0.25, 0.3) is 0 Å². The number of thioether (sulfide) groups is 2. The lowest BCUT2D eigenvalue weighted by atomic mass is 10.4. The highest BCUT2D eigenvalue weighted by molar-refractivity contribution is 7.98. The first kappa shape index (κ1) is 26.9. The van der Waals surface area contributed by atoms with E-state index in [2.05, 4.69) is 65.0 Å². The topological polar surface area (TPSA) is 130 Å². The van der Waals surface area contributed by atoms with Crippen molar-refractivity contribution in [1.82, 2.24) is 41.2 Å². The predicted octanol–water partition coefficient (Wildman–Crippen LogP) is 1.64. The first-order valence-corrected chi connectivity index (χ1v) is 13.5. The second-order valence-corrected chi connectivity index (χ2v) is 9.47. The lowest BCUT2D eigenvalue weighted by molar-refractivity contribution is 0.713. The van der Waals surface area contributed by atoms with Crippen molar-refractivity contribution in [3.8, 4) is 0 Å². The Bertz CT molecular complexity index is 777. The van der Waals surface area contributed by atoms with Gasteiger partial charge in [0.15, 0.2) is 11.9 Å². The molecule has 12 heteroatoms. The monoisotopic (exact) mass is 494 g/mol. The number of H-pyrrole nitrogens is 2. The number of guanidine groups is 2. The van der Waals surface area contributed by atoms with E-state index in [1.165, 1.54) is 0 Å². The smallest absolute Gasteiger partial charge is 0.191 e. The number of hydrogen-bond donors (Lipinski definition) is 6. The van der Waals surface area contributed by atoms with Crippen LogP contribution in [0.4, 0.5) is 0 Å². The Morgan fingerprint density at radius 2 is 1.18 bits per heavy atom. The number of aliphatic imine (C=N–C) groups is 2. The minimum Gasteiger partial charge on any atom is -0.356 e. The van der Waals surface area contributed by atoms with E-state index in [1.807, 2.05) is 23.5 Å². The summed E-state index contributed by atoms with van der Waals surface area (Å²) in [4.78, 5) is 23.4. The number of rotatable bonds is 14. The molecule has 0 amide bonds. The lowest BCUT2D eigenvalue weighted by Gasteiger charge is -2.13. The van der Waals surface area contributed by atoms with Crippen LogP contribution in [0.3, 0.4) is 0 Å². The molecule has 0 aliphatic heterocycles. The quantitative estimate of drug-likeness (QED) is 0.133. The van der Waals surface area contributed by atoms with Gasteiger partial charge in [-0.2, -0.15) is 23.5 Å². The highest BCUT2D eigenvalue weighted by Crippen LogP contribution is 2.12. The highest BCUT2D eigenvalue weighted by Gasteiger charge is 2.03. The summed E-state index contributed by atoms with van der Waals surface area (Å²) in [5, 5.41) is 13.4. The van der Waals surface area contributed by atoms with Gasteiger partial charge < -0.3 is 31.2 Å². The maximum Gasteiger partial charge on any atom is 0.191 e. The summed E-state index contributed by atoms with van der Waals surface area (Å²) in [5.41, 5.74) is 4.55. The maximum atomic E-state index is 4.32. The zero-order valence-corrected chi connectivity index (χ0v) is 21.8. The van der Waals surface area contributed by atoms with Gasteiger partial charge >= 0.3 is 0 Å². The summed E-state index contributed by atoms with van der Waals surface area (Å²) < 4.78 is 0. The summed E-state index contributed by atoms with van der Waals surface area (Å²) in [6.07, 6.45) is 4.46. The molecule has 6 N–H and O–H groups in total. The van der Waals surface area contributed by atoms with Gasteiger partial charge in [0.2, 0.25) is 0 Å². The van der Waals surface area contributed by atoms with Crippen LogP contribution in [-0.2, 0) is 11.5 Å². The maximum absolute atomic E-state index is 4.32. The summed E-state index contributed by atoms with van der Waals surface area (Å²) in [6, 6.07) is 0. The molecule has 0 saturated carbocycles. The summed E-state index contributed by atoms with van der Waals surface area (Å²) in [7, 11) is 3.59. The summed E-state index contributed by atoms with van der Waals surface area (Å²) in [6.45, 7) is 7.50. The highest BCUT2D eigenvalue weighted by atomic mass is 32.2. The van der Waals surface area contributed by atoms with Crippen LogP contribution in [0.5, 0.6) is 0 Å². The van der Waals surface area contributed by atoms with Crippen molar-refractivity contribution in [3.63, 3.8) is 0 Å². The number of imidazole rings is 2. The molecule has 2 heterocycles. The number of nitrogens with one attached hydrogen (secondary N) is 6. The average molecular weight is 495 g/mol. The van der Waals surface area contributed by atoms with Gasteiger partial charge in [-0.1, -0.05) is 0 Å². The second kappa shape index (κ2) is 16.3. The molecule has 2 rings (SSSR count). The molecule has 184 valence electrons. The molecule has 0 radical (unpaired) electrons. The molecule has 0 atom stereocenters. The van der Waals surface area contributed by atoms with E-state index in [-0.39, 0.29) is 0 Å². The fourth-order valence-electron chi connectivity index (χ4n) is 2.83. The minimum absolute atomic E-state index is 0.832. The van der Waals surface area contributed by atoms with Crippen LogP contribution in [-0.4, -0.2) is 83.6 Å². The van der Waals surface area contributed by atoms with E-state index in [0.29, 0.717) is 0 Å². The van der Waals surface area contributed by atoms with Crippen LogP contribution in [0.15, 0.2) is 22.6 Å². The largest absolute Gasteiger partial charge is 0.356 e.